The molecule has 1 amide bonds. The van der Waals surface area contributed by atoms with E-state index in [0.29, 0.717) is 12.5 Å². The van der Waals surface area contributed by atoms with Crippen LogP contribution in [0.2, 0.25) is 0 Å². The third-order valence-corrected chi connectivity index (χ3v) is 6.11. The van der Waals surface area contributed by atoms with Crippen molar-refractivity contribution in [2.45, 2.75) is 76.3 Å². The van der Waals surface area contributed by atoms with Gasteiger partial charge in [-0.15, -0.1) is 0 Å². The molecule has 0 bridgehead atoms. The van der Waals surface area contributed by atoms with Crippen LogP contribution in [0.4, 0.5) is 0 Å². The summed E-state index contributed by atoms with van der Waals surface area (Å²) in [4.78, 5) is 14.9. The highest BCUT2D eigenvalue weighted by molar-refractivity contribution is 7.07. The topological polar surface area (TPSA) is 32.3 Å². The maximum Gasteiger partial charge on any atom is 0.220 e. The molecule has 1 aromatic heterocycles. The van der Waals surface area contributed by atoms with Crippen molar-refractivity contribution in [3.8, 4) is 0 Å². The van der Waals surface area contributed by atoms with Crippen LogP contribution >= 0.6 is 11.3 Å². The number of carbonyl (C=O) groups is 1. The van der Waals surface area contributed by atoms with Crippen molar-refractivity contribution < 1.29 is 4.79 Å². The van der Waals surface area contributed by atoms with Gasteiger partial charge in [-0.25, -0.2) is 0 Å². The first-order valence-corrected chi connectivity index (χ1v) is 10.3. The smallest absolute Gasteiger partial charge is 0.220 e. The van der Waals surface area contributed by atoms with E-state index in [1.165, 1.54) is 57.1 Å². The maximum atomic E-state index is 12.2. The summed E-state index contributed by atoms with van der Waals surface area (Å²) in [6.45, 7) is 2.29. The summed E-state index contributed by atoms with van der Waals surface area (Å²) in [7, 11) is 0. The van der Waals surface area contributed by atoms with E-state index in [1.807, 2.05) is 0 Å². The molecule has 3 nitrogen and oxygen atoms in total. The van der Waals surface area contributed by atoms with Gasteiger partial charge in [-0.3, -0.25) is 9.69 Å². The number of hydrogen-bond acceptors (Lipinski definition) is 3. The van der Waals surface area contributed by atoms with Gasteiger partial charge in [0, 0.05) is 25.0 Å². The van der Waals surface area contributed by atoms with Crippen molar-refractivity contribution in [3.05, 3.63) is 22.4 Å². The van der Waals surface area contributed by atoms with E-state index in [2.05, 4.69) is 27.0 Å². The number of hydrogen-bond donors (Lipinski definition) is 1. The van der Waals surface area contributed by atoms with Gasteiger partial charge in [-0.2, -0.15) is 11.3 Å². The van der Waals surface area contributed by atoms with Gasteiger partial charge in [-0.05, 0) is 61.0 Å². The number of amides is 1. The van der Waals surface area contributed by atoms with Crippen LogP contribution in [0.1, 0.15) is 63.4 Å². The Morgan fingerprint density at radius 3 is 2.74 bits per heavy atom. The van der Waals surface area contributed by atoms with Crippen molar-refractivity contribution in [3.63, 3.8) is 0 Å². The third-order valence-electron chi connectivity index (χ3n) is 5.38. The first-order chi connectivity index (χ1) is 11.3. The van der Waals surface area contributed by atoms with Crippen LogP contribution in [0.3, 0.4) is 0 Å². The predicted molar refractivity (Wildman–Crippen MR) is 96.9 cm³/mol. The molecule has 1 saturated carbocycles. The average molecular weight is 335 g/mol. The van der Waals surface area contributed by atoms with Crippen molar-refractivity contribution in [2.75, 3.05) is 13.1 Å². The first-order valence-electron chi connectivity index (χ1n) is 9.36. The minimum Gasteiger partial charge on any atom is -0.352 e. The van der Waals surface area contributed by atoms with Crippen LogP contribution in [-0.2, 0) is 11.2 Å². The molecule has 1 aliphatic heterocycles. The molecule has 0 radical (unpaired) electrons. The largest absolute Gasteiger partial charge is 0.352 e. The van der Waals surface area contributed by atoms with E-state index in [0.717, 1.165) is 25.4 Å². The third kappa shape index (κ3) is 5.32. The highest BCUT2D eigenvalue weighted by Crippen LogP contribution is 2.24. The number of nitrogens with zero attached hydrogens (tertiary/aromatic N) is 1. The van der Waals surface area contributed by atoms with Crippen molar-refractivity contribution >= 4 is 17.2 Å². The second-order valence-electron chi connectivity index (χ2n) is 7.18. The zero-order valence-electron chi connectivity index (χ0n) is 14.1. The van der Waals surface area contributed by atoms with Crippen LogP contribution in [0.25, 0.3) is 0 Å². The van der Waals surface area contributed by atoms with Gasteiger partial charge < -0.3 is 5.32 Å². The second kappa shape index (κ2) is 8.84. The van der Waals surface area contributed by atoms with Crippen LogP contribution in [-0.4, -0.2) is 36.0 Å². The van der Waals surface area contributed by atoms with Gasteiger partial charge in [-0.1, -0.05) is 25.7 Å². The molecule has 1 saturated heterocycles. The van der Waals surface area contributed by atoms with Crippen LogP contribution in [0, 0.1) is 0 Å². The molecule has 1 aromatic rings. The number of rotatable bonds is 5. The predicted octanol–water partition coefficient (Wildman–Crippen LogP) is 3.98. The number of nitrogens with one attached hydrogen (secondary N) is 1. The normalized spacial score (nSPS) is 24.3. The molecule has 128 valence electrons. The standard InChI is InChI=1S/C19H30N2OS/c22-19(10-9-16-11-13-23-15-16)20-17-6-5-12-21(14-17)18-7-3-1-2-4-8-18/h11,13,15,17-18H,1-10,12,14H2,(H,20,22)/t17-/m1/s1. The SMILES string of the molecule is O=C(CCc1ccsc1)N[C@@H]1CCCN(C2CCCCCC2)C1. The molecule has 2 aliphatic rings. The number of aryl methyl sites for hydroxylation is 1. The zero-order chi connectivity index (χ0) is 15.9. The first kappa shape index (κ1) is 17.0. The Bertz CT molecular complexity index is 466. The number of piperidine rings is 1. The van der Waals surface area contributed by atoms with Gasteiger partial charge in [0.25, 0.3) is 0 Å². The van der Waals surface area contributed by atoms with Gasteiger partial charge in [0.15, 0.2) is 0 Å². The Morgan fingerprint density at radius 1 is 1.17 bits per heavy atom. The van der Waals surface area contributed by atoms with Gasteiger partial charge in [0.05, 0.1) is 0 Å². The molecule has 2 heterocycles. The molecule has 0 aromatic carbocycles. The fourth-order valence-electron chi connectivity index (χ4n) is 4.07. The highest BCUT2D eigenvalue weighted by Gasteiger charge is 2.27. The Morgan fingerprint density at radius 2 is 2.00 bits per heavy atom. The summed E-state index contributed by atoms with van der Waals surface area (Å²) in [5.41, 5.74) is 1.29. The molecule has 23 heavy (non-hydrogen) atoms. The van der Waals surface area contributed by atoms with E-state index in [9.17, 15) is 4.79 Å². The van der Waals surface area contributed by atoms with E-state index in [-0.39, 0.29) is 5.91 Å². The Kier molecular flexibility index (Phi) is 6.52. The highest BCUT2D eigenvalue weighted by atomic mass is 32.1. The van der Waals surface area contributed by atoms with Crippen LogP contribution in [0.5, 0.6) is 0 Å². The Hall–Kier alpha value is -0.870. The Balaban J connectivity index is 1.43. The molecule has 2 fully saturated rings. The van der Waals surface area contributed by atoms with Crippen molar-refractivity contribution in [2.24, 2.45) is 0 Å². The average Bonchev–Trinajstić information content (AvgIpc) is 2.93. The monoisotopic (exact) mass is 334 g/mol. The van der Waals surface area contributed by atoms with Gasteiger partial charge >= 0.3 is 0 Å². The molecule has 4 heteroatoms. The van der Waals surface area contributed by atoms with E-state index < -0.39 is 0 Å². The number of thiophene rings is 1. The fraction of sp³-hybridized carbons (Fsp3) is 0.737. The summed E-state index contributed by atoms with van der Waals surface area (Å²) in [6, 6.07) is 3.25. The molecule has 0 spiro atoms. The number of carbonyl (C=O) groups excluding carboxylic acids is 1. The molecule has 1 aliphatic carbocycles. The minimum atomic E-state index is 0.226. The molecular weight excluding hydrogens is 304 g/mol. The van der Waals surface area contributed by atoms with E-state index in [4.69, 9.17) is 0 Å². The maximum absolute atomic E-state index is 12.2. The van der Waals surface area contributed by atoms with Crippen LogP contribution < -0.4 is 5.32 Å². The molecule has 0 unspecified atom stereocenters. The van der Waals surface area contributed by atoms with Crippen molar-refractivity contribution in [1.29, 1.82) is 0 Å². The summed E-state index contributed by atoms with van der Waals surface area (Å²) in [5.74, 6) is 0.226. The molecule has 1 atom stereocenters. The molecule has 3 rings (SSSR count). The second-order valence-corrected chi connectivity index (χ2v) is 7.96. The lowest BCUT2D eigenvalue weighted by Gasteiger charge is -2.38. The lowest BCUT2D eigenvalue weighted by molar-refractivity contribution is -0.122. The quantitative estimate of drug-likeness (QED) is 0.826. The van der Waals surface area contributed by atoms with E-state index in [1.54, 1.807) is 11.3 Å². The fourth-order valence-corrected chi connectivity index (χ4v) is 4.77. The Labute approximate surface area is 144 Å². The van der Waals surface area contributed by atoms with E-state index >= 15 is 0 Å². The molecular formula is C19H30N2OS. The minimum absolute atomic E-state index is 0.226. The van der Waals surface area contributed by atoms with Crippen LogP contribution in [0.15, 0.2) is 16.8 Å². The lowest BCUT2D eigenvalue weighted by atomic mass is 9.99. The summed E-state index contributed by atoms with van der Waals surface area (Å²) >= 11 is 1.71. The zero-order valence-corrected chi connectivity index (χ0v) is 15.0. The summed E-state index contributed by atoms with van der Waals surface area (Å²) in [5, 5.41) is 7.51. The van der Waals surface area contributed by atoms with Gasteiger partial charge in [0.2, 0.25) is 5.91 Å². The van der Waals surface area contributed by atoms with Gasteiger partial charge in [0.1, 0.15) is 0 Å². The summed E-state index contributed by atoms with van der Waals surface area (Å²) in [6.07, 6.45) is 12.2. The lowest BCUT2D eigenvalue weighted by Crippen LogP contribution is -2.50. The molecule has 1 N–H and O–H groups in total. The number of likely N-dealkylation sites (tertiary alicyclic amines) is 1. The summed E-state index contributed by atoms with van der Waals surface area (Å²) < 4.78 is 0. The van der Waals surface area contributed by atoms with Crippen molar-refractivity contribution in [1.82, 2.24) is 10.2 Å².